The van der Waals surface area contributed by atoms with Gasteiger partial charge in [0, 0.05) is 5.92 Å². The molecule has 4 heteroatoms. The van der Waals surface area contributed by atoms with E-state index in [1.807, 2.05) is 18.2 Å². The summed E-state index contributed by atoms with van der Waals surface area (Å²) in [5.41, 5.74) is 9.57. The van der Waals surface area contributed by atoms with E-state index in [2.05, 4.69) is 25.1 Å². The van der Waals surface area contributed by atoms with Gasteiger partial charge in [-0.25, -0.2) is 0 Å². The van der Waals surface area contributed by atoms with Crippen molar-refractivity contribution in [3.8, 4) is 17.2 Å². The molecule has 0 aromatic heterocycles. The van der Waals surface area contributed by atoms with Crippen LogP contribution >= 0.6 is 0 Å². The number of hydrogen-bond acceptors (Lipinski definition) is 4. The van der Waals surface area contributed by atoms with Gasteiger partial charge in [0.25, 0.3) is 0 Å². The molecule has 1 atom stereocenters. The van der Waals surface area contributed by atoms with Gasteiger partial charge in [0.05, 0.1) is 7.11 Å². The number of aryl methyl sites for hydroxylation is 1. The number of hydrogen-bond donors (Lipinski definition) is 1. The van der Waals surface area contributed by atoms with E-state index in [4.69, 9.17) is 19.9 Å². The topological polar surface area (TPSA) is 53.7 Å². The first kappa shape index (κ1) is 14.7. The van der Waals surface area contributed by atoms with Crippen molar-refractivity contribution in [1.82, 2.24) is 0 Å². The molecule has 1 heterocycles. The fourth-order valence-corrected chi connectivity index (χ4v) is 2.84. The average Bonchev–Trinajstić information content (AvgIpc) is 3.00. The fraction of sp³-hybridized carbons (Fsp3) is 0.333. The Labute approximate surface area is 130 Å². The van der Waals surface area contributed by atoms with E-state index in [9.17, 15) is 0 Å². The molecular formula is C18H21NO3. The van der Waals surface area contributed by atoms with Gasteiger partial charge in [-0.2, -0.15) is 0 Å². The minimum Gasteiger partial charge on any atom is -0.496 e. The van der Waals surface area contributed by atoms with Crippen molar-refractivity contribution in [2.75, 3.05) is 20.4 Å². The monoisotopic (exact) mass is 299 g/mol. The largest absolute Gasteiger partial charge is 0.496 e. The third-order valence-electron chi connectivity index (χ3n) is 4.05. The molecule has 0 radical (unpaired) electrons. The zero-order valence-electron chi connectivity index (χ0n) is 13.0. The van der Waals surface area contributed by atoms with Gasteiger partial charge < -0.3 is 19.9 Å². The summed E-state index contributed by atoms with van der Waals surface area (Å²) in [6.45, 7) is 2.94. The molecule has 22 heavy (non-hydrogen) atoms. The number of benzene rings is 2. The Bertz CT molecular complexity index is 669. The van der Waals surface area contributed by atoms with E-state index in [-0.39, 0.29) is 12.7 Å². The van der Waals surface area contributed by atoms with Crippen molar-refractivity contribution in [2.24, 2.45) is 5.73 Å². The second-order valence-electron chi connectivity index (χ2n) is 5.56. The first-order chi connectivity index (χ1) is 10.7. The Morgan fingerprint density at radius 1 is 1.14 bits per heavy atom. The highest BCUT2D eigenvalue weighted by atomic mass is 16.7. The average molecular weight is 299 g/mol. The zero-order chi connectivity index (χ0) is 15.5. The summed E-state index contributed by atoms with van der Waals surface area (Å²) in [7, 11) is 1.70. The highest BCUT2D eigenvalue weighted by Crippen LogP contribution is 2.36. The molecule has 116 valence electrons. The Balaban J connectivity index is 1.87. The Kier molecular flexibility index (Phi) is 4.20. The van der Waals surface area contributed by atoms with Crippen LogP contribution in [0.1, 0.15) is 22.6 Å². The summed E-state index contributed by atoms with van der Waals surface area (Å²) in [6, 6.07) is 12.3. The van der Waals surface area contributed by atoms with E-state index in [1.54, 1.807) is 7.11 Å². The maximum absolute atomic E-state index is 6.01. The van der Waals surface area contributed by atoms with Gasteiger partial charge in [0.2, 0.25) is 6.79 Å². The summed E-state index contributed by atoms with van der Waals surface area (Å²) in [5, 5.41) is 0. The summed E-state index contributed by atoms with van der Waals surface area (Å²) in [4.78, 5) is 0. The summed E-state index contributed by atoms with van der Waals surface area (Å²) in [6.07, 6.45) is 0.834. The van der Waals surface area contributed by atoms with E-state index >= 15 is 0 Å². The van der Waals surface area contributed by atoms with Crippen LogP contribution in [0.5, 0.6) is 17.2 Å². The number of fused-ring (bicyclic) bond motifs is 1. The fourth-order valence-electron chi connectivity index (χ4n) is 2.84. The molecule has 2 N–H and O–H groups in total. The van der Waals surface area contributed by atoms with Crippen molar-refractivity contribution in [3.63, 3.8) is 0 Å². The van der Waals surface area contributed by atoms with Gasteiger partial charge in [-0.05, 0) is 49.2 Å². The molecule has 0 spiro atoms. The Morgan fingerprint density at radius 2 is 1.95 bits per heavy atom. The minimum atomic E-state index is 0.213. The smallest absolute Gasteiger partial charge is 0.231 e. The van der Waals surface area contributed by atoms with Gasteiger partial charge in [0.15, 0.2) is 11.5 Å². The molecule has 1 aliphatic rings. The van der Waals surface area contributed by atoms with Crippen LogP contribution in [0.3, 0.4) is 0 Å². The summed E-state index contributed by atoms with van der Waals surface area (Å²) in [5.74, 6) is 2.72. The van der Waals surface area contributed by atoms with Crippen molar-refractivity contribution in [3.05, 3.63) is 53.1 Å². The van der Waals surface area contributed by atoms with E-state index in [0.717, 1.165) is 29.2 Å². The van der Waals surface area contributed by atoms with Gasteiger partial charge in [-0.1, -0.05) is 23.8 Å². The number of nitrogens with two attached hydrogens (primary N) is 1. The molecule has 4 nitrogen and oxygen atoms in total. The second-order valence-corrected chi connectivity index (χ2v) is 5.56. The molecule has 1 aliphatic heterocycles. The van der Waals surface area contributed by atoms with Crippen LogP contribution in [0.4, 0.5) is 0 Å². The van der Waals surface area contributed by atoms with Crippen LogP contribution in [0.15, 0.2) is 36.4 Å². The molecular weight excluding hydrogens is 278 g/mol. The Morgan fingerprint density at radius 3 is 2.73 bits per heavy atom. The number of rotatable bonds is 5. The minimum absolute atomic E-state index is 0.213. The predicted molar refractivity (Wildman–Crippen MR) is 85.8 cm³/mol. The van der Waals surface area contributed by atoms with Crippen LogP contribution < -0.4 is 19.9 Å². The van der Waals surface area contributed by atoms with Crippen molar-refractivity contribution < 1.29 is 14.2 Å². The van der Waals surface area contributed by atoms with Crippen molar-refractivity contribution in [2.45, 2.75) is 19.3 Å². The van der Waals surface area contributed by atoms with Crippen molar-refractivity contribution in [1.29, 1.82) is 0 Å². The van der Waals surface area contributed by atoms with E-state index in [0.29, 0.717) is 6.54 Å². The van der Waals surface area contributed by atoms with Gasteiger partial charge >= 0.3 is 0 Å². The van der Waals surface area contributed by atoms with E-state index < -0.39 is 0 Å². The molecule has 1 unspecified atom stereocenters. The van der Waals surface area contributed by atoms with Crippen LogP contribution in [-0.4, -0.2) is 20.4 Å². The molecule has 0 fully saturated rings. The quantitative estimate of drug-likeness (QED) is 0.922. The van der Waals surface area contributed by atoms with Crippen LogP contribution in [-0.2, 0) is 6.42 Å². The predicted octanol–water partition coefficient (Wildman–Crippen LogP) is 3.02. The normalized spacial score (nSPS) is 14.0. The number of methoxy groups -OCH3 is 1. The lowest BCUT2D eigenvalue weighted by Gasteiger charge is -2.18. The lowest BCUT2D eigenvalue weighted by Crippen LogP contribution is -2.15. The van der Waals surface area contributed by atoms with Gasteiger partial charge in [0.1, 0.15) is 5.75 Å². The molecule has 0 aliphatic carbocycles. The van der Waals surface area contributed by atoms with Crippen molar-refractivity contribution >= 4 is 0 Å². The molecule has 2 aromatic carbocycles. The second kappa shape index (κ2) is 6.28. The molecule has 0 amide bonds. The molecule has 2 aromatic rings. The summed E-state index contributed by atoms with van der Waals surface area (Å²) >= 11 is 0. The van der Waals surface area contributed by atoms with Crippen LogP contribution in [0.2, 0.25) is 0 Å². The van der Waals surface area contributed by atoms with Gasteiger partial charge in [-0.3, -0.25) is 0 Å². The standard InChI is InChI=1S/C18H21NO3/c1-12-3-5-16(20-2)14(7-12)8-15(10-19)13-4-6-17-18(9-13)22-11-21-17/h3-7,9,15H,8,10-11,19H2,1-2H3. The lowest BCUT2D eigenvalue weighted by atomic mass is 9.91. The number of ether oxygens (including phenoxy) is 3. The third-order valence-corrected chi connectivity index (χ3v) is 4.05. The first-order valence-corrected chi connectivity index (χ1v) is 7.44. The molecule has 0 saturated heterocycles. The zero-order valence-corrected chi connectivity index (χ0v) is 13.0. The maximum atomic E-state index is 6.01. The maximum Gasteiger partial charge on any atom is 0.231 e. The first-order valence-electron chi connectivity index (χ1n) is 7.44. The summed E-state index contributed by atoms with van der Waals surface area (Å²) < 4.78 is 16.3. The molecule has 0 saturated carbocycles. The van der Waals surface area contributed by atoms with Gasteiger partial charge in [-0.15, -0.1) is 0 Å². The Hall–Kier alpha value is -2.20. The third kappa shape index (κ3) is 2.88. The molecule has 0 bridgehead atoms. The highest BCUT2D eigenvalue weighted by Gasteiger charge is 2.19. The van der Waals surface area contributed by atoms with E-state index in [1.165, 1.54) is 11.1 Å². The lowest BCUT2D eigenvalue weighted by molar-refractivity contribution is 0.174. The SMILES string of the molecule is COc1ccc(C)cc1CC(CN)c1ccc2c(c1)OCO2. The van der Waals surface area contributed by atoms with Crippen LogP contribution in [0, 0.1) is 6.92 Å². The van der Waals surface area contributed by atoms with Crippen LogP contribution in [0.25, 0.3) is 0 Å². The highest BCUT2D eigenvalue weighted by molar-refractivity contribution is 5.46. The molecule has 3 rings (SSSR count).